The maximum absolute atomic E-state index is 12.2. The Balaban J connectivity index is 2.32. The first kappa shape index (κ1) is 15.7. The van der Waals surface area contributed by atoms with E-state index in [4.69, 9.17) is 0 Å². The molecule has 0 aliphatic heterocycles. The molecule has 0 radical (unpaired) electrons. The van der Waals surface area contributed by atoms with Crippen molar-refractivity contribution < 1.29 is 14.7 Å². The summed E-state index contributed by atoms with van der Waals surface area (Å²) >= 11 is 3.42. The highest BCUT2D eigenvalue weighted by atomic mass is 79.9. The van der Waals surface area contributed by atoms with E-state index in [2.05, 4.69) is 21.2 Å². The van der Waals surface area contributed by atoms with Crippen molar-refractivity contribution in [2.45, 2.75) is 26.4 Å². The molecular weight excluding hydrogens is 334 g/mol. The van der Waals surface area contributed by atoms with Gasteiger partial charge in [0.2, 0.25) is 5.78 Å². The van der Waals surface area contributed by atoms with Gasteiger partial charge < -0.3 is 10.4 Å². The van der Waals surface area contributed by atoms with Gasteiger partial charge in [-0.05, 0) is 56.2 Å². The summed E-state index contributed by atoms with van der Waals surface area (Å²) in [6.45, 7) is 4.85. The minimum atomic E-state index is -1.98. The summed E-state index contributed by atoms with van der Waals surface area (Å²) in [6.07, 6.45) is 2.82. The molecule has 2 N–H and O–H groups in total. The Morgan fingerprint density at radius 3 is 2.57 bits per heavy atom. The van der Waals surface area contributed by atoms with Gasteiger partial charge in [-0.3, -0.25) is 9.59 Å². The number of aliphatic hydroxyl groups is 1. The highest BCUT2D eigenvalue weighted by Crippen LogP contribution is 2.26. The van der Waals surface area contributed by atoms with Crippen molar-refractivity contribution in [1.82, 2.24) is 0 Å². The van der Waals surface area contributed by atoms with Crippen LogP contribution in [0.15, 0.2) is 46.1 Å². The third-order valence-corrected chi connectivity index (χ3v) is 4.37. The van der Waals surface area contributed by atoms with Crippen molar-refractivity contribution in [3.63, 3.8) is 0 Å². The van der Waals surface area contributed by atoms with Crippen LogP contribution in [0.2, 0.25) is 0 Å². The topological polar surface area (TPSA) is 66.4 Å². The number of allylic oxidation sites excluding steroid dienone is 1. The van der Waals surface area contributed by atoms with Gasteiger partial charge in [0.05, 0.1) is 0 Å². The van der Waals surface area contributed by atoms with E-state index in [1.54, 1.807) is 6.92 Å². The normalized spacial score (nSPS) is 24.2. The van der Waals surface area contributed by atoms with Crippen LogP contribution in [0.5, 0.6) is 0 Å². The zero-order valence-corrected chi connectivity index (χ0v) is 13.6. The van der Waals surface area contributed by atoms with Gasteiger partial charge in [0, 0.05) is 21.9 Å². The Bertz CT molecular complexity index is 687. The van der Waals surface area contributed by atoms with E-state index in [1.165, 1.54) is 19.2 Å². The predicted molar refractivity (Wildman–Crippen MR) is 85.0 cm³/mol. The molecule has 1 aromatic rings. The average molecular weight is 350 g/mol. The first-order valence-electron chi connectivity index (χ1n) is 6.46. The van der Waals surface area contributed by atoms with Crippen LogP contribution in [0.1, 0.15) is 19.4 Å². The van der Waals surface area contributed by atoms with Gasteiger partial charge in [0.15, 0.2) is 11.4 Å². The lowest BCUT2D eigenvalue weighted by atomic mass is 9.82. The Hall–Kier alpha value is -1.72. The fraction of sp³-hybridized carbons (Fsp3) is 0.250. The van der Waals surface area contributed by atoms with E-state index in [9.17, 15) is 14.7 Å². The van der Waals surface area contributed by atoms with E-state index >= 15 is 0 Å². The van der Waals surface area contributed by atoms with Gasteiger partial charge in [0.1, 0.15) is 0 Å². The molecule has 4 nitrogen and oxygen atoms in total. The van der Waals surface area contributed by atoms with Crippen LogP contribution in [0.25, 0.3) is 0 Å². The van der Waals surface area contributed by atoms with Gasteiger partial charge >= 0.3 is 0 Å². The number of nitrogens with one attached hydrogen (secondary N) is 1. The highest BCUT2D eigenvalue weighted by Gasteiger charge is 2.42. The number of benzene rings is 1. The number of ketones is 2. The second kappa shape index (κ2) is 5.58. The quantitative estimate of drug-likeness (QED) is 0.636. The zero-order valence-electron chi connectivity index (χ0n) is 12.0. The van der Waals surface area contributed by atoms with Crippen molar-refractivity contribution in [2.24, 2.45) is 0 Å². The largest absolute Gasteiger partial charge is 0.374 e. The fourth-order valence-electron chi connectivity index (χ4n) is 2.04. The lowest BCUT2D eigenvalue weighted by molar-refractivity contribution is -0.144. The Labute approximate surface area is 131 Å². The van der Waals surface area contributed by atoms with Crippen molar-refractivity contribution in [2.75, 3.05) is 5.32 Å². The van der Waals surface area contributed by atoms with Crippen molar-refractivity contribution in [1.29, 1.82) is 0 Å². The number of hydrogen-bond donors (Lipinski definition) is 2. The molecule has 0 spiro atoms. The van der Waals surface area contributed by atoms with Gasteiger partial charge in [-0.15, -0.1) is 0 Å². The zero-order chi connectivity index (χ0) is 15.8. The molecular formula is C16H16BrNO3. The maximum atomic E-state index is 12.2. The summed E-state index contributed by atoms with van der Waals surface area (Å²) in [4.78, 5) is 23.8. The molecule has 1 aromatic carbocycles. The Kier molecular flexibility index (Phi) is 4.16. The lowest BCUT2D eigenvalue weighted by Crippen LogP contribution is -2.46. The van der Waals surface area contributed by atoms with Crippen LogP contribution in [0.3, 0.4) is 0 Å². The van der Waals surface area contributed by atoms with Gasteiger partial charge in [0.25, 0.3) is 0 Å². The van der Waals surface area contributed by atoms with Gasteiger partial charge in [-0.25, -0.2) is 0 Å². The average Bonchev–Trinajstić information content (AvgIpc) is 2.41. The summed E-state index contributed by atoms with van der Waals surface area (Å²) in [6, 6.07) is 5.70. The number of hydrogen-bond acceptors (Lipinski definition) is 4. The number of aryl methyl sites for hydroxylation is 1. The van der Waals surface area contributed by atoms with E-state index in [-0.39, 0.29) is 0 Å². The molecule has 0 heterocycles. The predicted octanol–water partition coefficient (Wildman–Crippen LogP) is 2.90. The first-order chi connectivity index (χ1) is 9.73. The van der Waals surface area contributed by atoms with Crippen LogP contribution < -0.4 is 5.32 Å². The molecule has 0 saturated carbocycles. The number of halogens is 1. The molecule has 1 aliphatic rings. The molecule has 2 rings (SSSR count). The summed E-state index contributed by atoms with van der Waals surface area (Å²) in [7, 11) is 0. The molecule has 21 heavy (non-hydrogen) atoms. The van der Waals surface area contributed by atoms with Crippen LogP contribution in [0.4, 0.5) is 5.69 Å². The van der Waals surface area contributed by atoms with Crippen LogP contribution in [-0.2, 0) is 9.59 Å². The maximum Gasteiger partial charge on any atom is 0.203 e. The summed E-state index contributed by atoms with van der Waals surface area (Å²) in [5.41, 5.74) is 0.740. The standard InChI is InChI=1S/C16H16BrNO3/c1-9-7-14(19)16(3,21)15(20)12(9)8-18-11-4-5-13(17)10(2)6-11/h4-8,18,21H,1-3H3/b12-8-/t16-/m1/s1. The minimum Gasteiger partial charge on any atom is -0.374 e. The third-order valence-electron chi connectivity index (χ3n) is 3.48. The number of anilines is 1. The SMILES string of the molecule is CC1=CC(=O)[C@@](C)(O)C(=O)/C1=C\Nc1ccc(Br)c(C)c1. The number of carbonyl (C=O) groups is 2. The molecule has 0 unspecified atom stereocenters. The Morgan fingerprint density at radius 2 is 1.95 bits per heavy atom. The third kappa shape index (κ3) is 2.99. The van der Waals surface area contributed by atoms with Gasteiger partial charge in [-0.1, -0.05) is 15.9 Å². The summed E-state index contributed by atoms with van der Waals surface area (Å²) in [5, 5.41) is 13.0. The molecule has 0 bridgehead atoms. The first-order valence-corrected chi connectivity index (χ1v) is 7.26. The highest BCUT2D eigenvalue weighted by molar-refractivity contribution is 9.10. The number of rotatable bonds is 2. The van der Waals surface area contributed by atoms with Crippen molar-refractivity contribution in [3.05, 3.63) is 51.7 Å². The summed E-state index contributed by atoms with van der Waals surface area (Å²) in [5.74, 6) is -1.17. The monoisotopic (exact) mass is 349 g/mol. The number of carbonyl (C=O) groups excluding carboxylic acids is 2. The molecule has 0 amide bonds. The molecule has 110 valence electrons. The minimum absolute atomic E-state index is 0.306. The summed E-state index contributed by atoms with van der Waals surface area (Å²) < 4.78 is 0.999. The van der Waals surface area contributed by atoms with Gasteiger partial charge in [-0.2, -0.15) is 0 Å². The smallest absolute Gasteiger partial charge is 0.203 e. The van der Waals surface area contributed by atoms with E-state index < -0.39 is 17.2 Å². The van der Waals surface area contributed by atoms with Crippen LogP contribution in [0, 0.1) is 6.92 Å². The molecule has 0 fully saturated rings. The van der Waals surface area contributed by atoms with E-state index in [0.29, 0.717) is 11.1 Å². The Morgan fingerprint density at radius 1 is 1.29 bits per heavy atom. The lowest BCUT2D eigenvalue weighted by Gasteiger charge is -2.25. The van der Waals surface area contributed by atoms with E-state index in [1.807, 2.05) is 25.1 Å². The second-order valence-electron chi connectivity index (χ2n) is 5.26. The van der Waals surface area contributed by atoms with Crippen LogP contribution in [-0.4, -0.2) is 22.3 Å². The second-order valence-corrected chi connectivity index (χ2v) is 6.11. The molecule has 1 atom stereocenters. The van der Waals surface area contributed by atoms with Crippen molar-refractivity contribution in [3.8, 4) is 0 Å². The molecule has 0 aromatic heterocycles. The van der Waals surface area contributed by atoms with Crippen molar-refractivity contribution >= 4 is 33.2 Å². The number of Topliss-reactive ketones (excluding diaryl/α,β-unsaturated/α-hetero) is 1. The fourth-order valence-corrected chi connectivity index (χ4v) is 2.28. The van der Waals surface area contributed by atoms with E-state index in [0.717, 1.165) is 15.7 Å². The molecule has 5 heteroatoms. The molecule has 0 saturated heterocycles. The molecule has 1 aliphatic carbocycles. The van der Waals surface area contributed by atoms with Crippen LogP contribution >= 0.6 is 15.9 Å².